The average molecular weight is 484 g/mol. The fourth-order valence-corrected chi connectivity index (χ4v) is 5.28. The maximum atomic E-state index is 13.1. The molecular weight excluding hydrogens is 461 g/mol. The second-order valence-corrected chi connectivity index (χ2v) is 9.50. The standard InChI is InChI=1S/C20H22N2O3S.C2HF3O2/c1-15-5-2-3-8-20(15)26(24,25)22-12-10-18-16(6-4-7-19(18)22)13-21-11-9-17(23)14-21;3-2(4,5)1(6)7/h2-8,10,12,17,23H,9,11,13-14H2,1H3;(H,6,7). The molecule has 3 aromatic rings. The van der Waals surface area contributed by atoms with E-state index in [0.717, 1.165) is 29.5 Å². The lowest BCUT2D eigenvalue weighted by Crippen LogP contribution is -2.21. The van der Waals surface area contributed by atoms with Gasteiger partial charge in [0.25, 0.3) is 10.0 Å². The number of likely N-dealkylation sites (tertiary alicyclic amines) is 1. The van der Waals surface area contributed by atoms with Crippen molar-refractivity contribution in [3.63, 3.8) is 0 Å². The number of β-amino-alcohol motifs (C(OH)–C–C–N with tert-alkyl or cyclic N) is 1. The van der Waals surface area contributed by atoms with E-state index >= 15 is 0 Å². The molecule has 2 aromatic carbocycles. The highest BCUT2D eigenvalue weighted by atomic mass is 32.2. The molecule has 0 bridgehead atoms. The van der Waals surface area contributed by atoms with Crippen molar-refractivity contribution in [3.05, 3.63) is 65.9 Å². The zero-order valence-corrected chi connectivity index (χ0v) is 18.5. The summed E-state index contributed by atoms with van der Waals surface area (Å²) in [4.78, 5) is 11.4. The van der Waals surface area contributed by atoms with Gasteiger partial charge in [0.1, 0.15) is 0 Å². The van der Waals surface area contributed by atoms with Gasteiger partial charge in [-0.3, -0.25) is 4.90 Å². The average Bonchev–Trinajstić information content (AvgIpc) is 3.35. The number of aliphatic carboxylic acids is 1. The third-order valence-corrected chi connectivity index (χ3v) is 7.15. The number of alkyl halides is 3. The summed E-state index contributed by atoms with van der Waals surface area (Å²) in [5.74, 6) is -2.76. The largest absolute Gasteiger partial charge is 0.490 e. The van der Waals surface area contributed by atoms with Gasteiger partial charge in [0.15, 0.2) is 0 Å². The number of rotatable bonds is 4. The Morgan fingerprint density at radius 2 is 1.79 bits per heavy atom. The Morgan fingerprint density at radius 3 is 2.36 bits per heavy atom. The molecule has 0 saturated carbocycles. The van der Waals surface area contributed by atoms with Gasteiger partial charge < -0.3 is 10.2 Å². The van der Waals surface area contributed by atoms with Crippen LogP contribution < -0.4 is 0 Å². The molecule has 1 atom stereocenters. The fourth-order valence-electron chi connectivity index (χ4n) is 3.70. The molecule has 1 aliphatic heterocycles. The van der Waals surface area contributed by atoms with E-state index in [1.165, 1.54) is 3.97 Å². The molecule has 33 heavy (non-hydrogen) atoms. The Bertz CT molecular complexity index is 1250. The van der Waals surface area contributed by atoms with Gasteiger partial charge in [-0.05, 0) is 42.7 Å². The van der Waals surface area contributed by atoms with Gasteiger partial charge in [-0.1, -0.05) is 30.3 Å². The van der Waals surface area contributed by atoms with Gasteiger partial charge in [0.2, 0.25) is 0 Å². The number of carboxylic acid groups (broad SMARTS) is 1. The predicted molar refractivity (Wildman–Crippen MR) is 115 cm³/mol. The van der Waals surface area contributed by atoms with E-state index in [1.807, 2.05) is 43.3 Å². The van der Waals surface area contributed by atoms with Gasteiger partial charge in [0.05, 0.1) is 16.5 Å². The van der Waals surface area contributed by atoms with Crippen LogP contribution in [0, 0.1) is 6.92 Å². The Kier molecular flexibility index (Phi) is 7.15. The monoisotopic (exact) mass is 484 g/mol. The number of carboxylic acids is 1. The summed E-state index contributed by atoms with van der Waals surface area (Å²) >= 11 is 0. The second kappa shape index (κ2) is 9.54. The summed E-state index contributed by atoms with van der Waals surface area (Å²) in [6, 6.07) is 14.7. The van der Waals surface area contributed by atoms with Crippen LogP contribution in [0.4, 0.5) is 13.2 Å². The van der Waals surface area contributed by atoms with Gasteiger partial charge >= 0.3 is 12.1 Å². The second-order valence-electron chi connectivity index (χ2n) is 7.71. The van der Waals surface area contributed by atoms with E-state index < -0.39 is 22.2 Å². The Hall–Kier alpha value is -2.89. The van der Waals surface area contributed by atoms with Crippen molar-refractivity contribution in [1.29, 1.82) is 0 Å². The normalized spacial score (nSPS) is 17.1. The quantitative estimate of drug-likeness (QED) is 0.589. The maximum Gasteiger partial charge on any atom is 0.490 e. The van der Waals surface area contributed by atoms with E-state index in [2.05, 4.69) is 4.90 Å². The highest BCUT2D eigenvalue weighted by molar-refractivity contribution is 7.90. The van der Waals surface area contributed by atoms with Gasteiger partial charge in [-0.15, -0.1) is 0 Å². The molecule has 1 aliphatic rings. The van der Waals surface area contributed by atoms with E-state index in [0.29, 0.717) is 23.5 Å². The van der Waals surface area contributed by atoms with Crippen LogP contribution in [0.3, 0.4) is 0 Å². The molecule has 0 spiro atoms. The number of carbonyl (C=O) groups is 1. The van der Waals surface area contributed by atoms with Crippen molar-refractivity contribution in [2.24, 2.45) is 0 Å². The highest BCUT2D eigenvalue weighted by Gasteiger charge is 2.38. The molecule has 178 valence electrons. The Balaban J connectivity index is 0.000000383. The van der Waals surface area contributed by atoms with Crippen molar-refractivity contribution in [2.45, 2.75) is 37.1 Å². The van der Waals surface area contributed by atoms with Gasteiger partial charge in [-0.2, -0.15) is 13.2 Å². The summed E-state index contributed by atoms with van der Waals surface area (Å²) < 4.78 is 59.4. The fraction of sp³-hybridized carbons (Fsp3) is 0.318. The van der Waals surface area contributed by atoms with Crippen molar-refractivity contribution >= 4 is 26.9 Å². The van der Waals surface area contributed by atoms with Crippen LogP contribution in [-0.2, 0) is 21.4 Å². The lowest BCUT2D eigenvalue weighted by atomic mass is 10.1. The van der Waals surface area contributed by atoms with Crippen LogP contribution >= 0.6 is 0 Å². The topological polar surface area (TPSA) is 99.8 Å². The molecule has 2 heterocycles. The number of hydrogen-bond acceptors (Lipinski definition) is 5. The number of aryl methyl sites for hydroxylation is 1. The zero-order chi connectivity index (χ0) is 24.4. The van der Waals surface area contributed by atoms with Crippen LogP contribution in [0.25, 0.3) is 10.9 Å². The first kappa shape index (κ1) is 24.7. The minimum Gasteiger partial charge on any atom is -0.475 e. The number of halogens is 3. The van der Waals surface area contributed by atoms with E-state index in [-0.39, 0.29) is 6.10 Å². The Labute approximate surface area is 188 Å². The first-order chi connectivity index (χ1) is 15.4. The lowest BCUT2D eigenvalue weighted by molar-refractivity contribution is -0.192. The number of nitrogens with zero attached hydrogens (tertiary/aromatic N) is 2. The van der Waals surface area contributed by atoms with Crippen molar-refractivity contribution in [2.75, 3.05) is 13.1 Å². The summed E-state index contributed by atoms with van der Waals surface area (Å²) in [6.07, 6.45) is -2.92. The summed E-state index contributed by atoms with van der Waals surface area (Å²) in [7, 11) is -3.64. The summed E-state index contributed by atoms with van der Waals surface area (Å²) in [6.45, 7) is 4.05. The molecule has 4 rings (SSSR count). The molecule has 1 unspecified atom stereocenters. The molecule has 0 aliphatic carbocycles. The van der Waals surface area contributed by atoms with Crippen LogP contribution in [0.1, 0.15) is 17.5 Å². The minimum absolute atomic E-state index is 0.264. The summed E-state index contributed by atoms with van der Waals surface area (Å²) in [5, 5.41) is 17.8. The van der Waals surface area contributed by atoms with Crippen LogP contribution in [0.5, 0.6) is 0 Å². The molecule has 1 saturated heterocycles. The molecule has 2 N–H and O–H groups in total. The minimum atomic E-state index is -5.08. The molecular formula is C22H23F3N2O5S. The number of aliphatic hydroxyl groups is 1. The number of fused-ring (bicyclic) bond motifs is 1. The third kappa shape index (κ3) is 5.55. The van der Waals surface area contributed by atoms with E-state index in [9.17, 15) is 26.7 Å². The molecule has 7 nitrogen and oxygen atoms in total. The van der Waals surface area contributed by atoms with Crippen LogP contribution in [0.15, 0.2) is 59.6 Å². The van der Waals surface area contributed by atoms with Gasteiger partial charge in [-0.25, -0.2) is 17.2 Å². The Morgan fingerprint density at radius 1 is 1.12 bits per heavy atom. The SMILES string of the molecule is Cc1ccccc1S(=O)(=O)n1ccc2c(CN3CCC(O)C3)cccc21.O=C(O)C(F)(F)F. The zero-order valence-electron chi connectivity index (χ0n) is 17.7. The third-order valence-electron chi connectivity index (χ3n) is 5.30. The lowest BCUT2D eigenvalue weighted by Gasteiger charge is -2.16. The van der Waals surface area contributed by atoms with Crippen molar-refractivity contribution < 1.29 is 36.6 Å². The molecule has 0 radical (unpaired) electrons. The number of benzene rings is 2. The number of aromatic nitrogens is 1. The van der Waals surface area contributed by atoms with E-state index in [4.69, 9.17) is 9.90 Å². The highest BCUT2D eigenvalue weighted by Crippen LogP contribution is 2.27. The first-order valence-electron chi connectivity index (χ1n) is 10.0. The molecule has 11 heteroatoms. The molecule has 1 aromatic heterocycles. The first-order valence-corrected chi connectivity index (χ1v) is 11.5. The van der Waals surface area contributed by atoms with Crippen LogP contribution in [0.2, 0.25) is 0 Å². The van der Waals surface area contributed by atoms with Crippen LogP contribution in [-0.4, -0.2) is 58.8 Å². The van der Waals surface area contributed by atoms with Crippen molar-refractivity contribution in [1.82, 2.24) is 8.87 Å². The summed E-state index contributed by atoms with van der Waals surface area (Å²) in [5.41, 5.74) is 2.50. The molecule has 1 fully saturated rings. The maximum absolute atomic E-state index is 13.1. The number of hydrogen-bond donors (Lipinski definition) is 2. The number of aliphatic hydroxyl groups excluding tert-OH is 1. The van der Waals surface area contributed by atoms with Crippen molar-refractivity contribution in [3.8, 4) is 0 Å². The van der Waals surface area contributed by atoms with E-state index in [1.54, 1.807) is 18.3 Å². The van der Waals surface area contributed by atoms with Gasteiger partial charge in [0, 0.05) is 31.2 Å². The predicted octanol–water partition coefficient (Wildman–Crippen LogP) is 3.39. The molecule has 0 amide bonds. The smallest absolute Gasteiger partial charge is 0.475 e.